The summed E-state index contributed by atoms with van der Waals surface area (Å²) >= 11 is 0. The molecule has 1 N–H and O–H groups in total. The maximum Gasteiger partial charge on any atom is 0.333 e. The van der Waals surface area contributed by atoms with Gasteiger partial charge in [0, 0.05) is 17.7 Å². The first kappa shape index (κ1) is 20.9. The number of hydrogen-bond acceptors (Lipinski definition) is 3. The van der Waals surface area contributed by atoms with Crippen molar-refractivity contribution in [2.24, 2.45) is 0 Å². The Morgan fingerprint density at radius 3 is 2.18 bits per heavy atom. The molecule has 0 aliphatic rings. The molecule has 2 aromatic rings. The van der Waals surface area contributed by atoms with Gasteiger partial charge in [0.05, 0.1) is 13.2 Å². The van der Waals surface area contributed by atoms with Crippen molar-refractivity contribution in [3.05, 3.63) is 77.7 Å². The Kier molecular flexibility index (Phi) is 7.98. The van der Waals surface area contributed by atoms with Crippen LogP contribution in [-0.4, -0.2) is 25.0 Å². The molecular formula is C23H24N2O3. The van der Waals surface area contributed by atoms with Gasteiger partial charge in [-0.1, -0.05) is 43.0 Å². The number of rotatable bonds is 9. The first-order valence-electron chi connectivity index (χ1n) is 9.20. The normalized spacial score (nSPS) is 10.0. The monoisotopic (exact) mass is 376 g/mol. The largest absolute Gasteiger partial charge is 0.462 e. The minimum Gasteiger partial charge on any atom is -0.462 e. The molecular weight excluding hydrogens is 352 g/mol. The standard InChI is InChI=1S/C23H24N2O3/c1-17(2)23(27)28-16-6-4-5-15-25-22(26)20-9-7-18(8-10-20)19-11-13-21(24-3)14-12-19/h7-14H,1,4-6,15-16H2,2H3,(H,25,26). The lowest BCUT2D eigenvalue weighted by Crippen LogP contribution is -2.24. The van der Waals surface area contributed by atoms with E-state index < -0.39 is 0 Å². The number of carbonyl (C=O) groups excluding carboxylic acids is 2. The molecule has 0 aromatic heterocycles. The van der Waals surface area contributed by atoms with Gasteiger partial charge in [0.2, 0.25) is 0 Å². The maximum absolute atomic E-state index is 12.2. The second-order valence-corrected chi connectivity index (χ2v) is 6.47. The Hall–Kier alpha value is -3.39. The van der Waals surface area contributed by atoms with Gasteiger partial charge in [-0.25, -0.2) is 9.64 Å². The lowest BCUT2D eigenvalue weighted by Gasteiger charge is -2.07. The van der Waals surface area contributed by atoms with Crippen LogP contribution < -0.4 is 5.32 Å². The Morgan fingerprint density at radius 1 is 1.00 bits per heavy atom. The molecule has 1 amide bonds. The van der Waals surface area contributed by atoms with Crippen LogP contribution >= 0.6 is 0 Å². The van der Waals surface area contributed by atoms with Crippen LogP contribution in [0.4, 0.5) is 5.69 Å². The SMILES string of the molecule is [C-]#[N+]c1ccc(-c2ccc(C(=O)NCCCCCOC(=O)C(=C)C)cc2)cc1. The van der Waals surface area contributed by atoms with E-state index in [2.05, 4.69) is 16.7 Å². The van der Waals surface area contributed by atoms with E-state index in [0.717, 1.165) is 30.4 Å². The van der Waals surface area contributed by atoms with Crippen molar-refractivity contribution >= 4 is 17.6 Å². The molecule has 5 nitrogen and oxygen atoms in total. The fourth-order valence-corrected chi connectivity index (χ4v) is 2.54. The quantitative estimate of drug-likeness (QED) is 0.292. The molecule has 0 aliphatic heterocycles. The zero-order valence-corrected chi connectivity index (χ0v) is 16.0. The minimum absolute atomic E-state index is 0.108. The second-order valence-electron chi connectivity index (χ2n) is 6.47. The van der Waals surface area contributed by atoms with Gasteiger partial charge in [0.25, 0.3) is 5.91 Å². The molecule has 144 valence electrons. The first-order chi connectivity index (χ1) is 13.5. The molecule has 2 rings (SSSR count). The highest BCUT2D eigenvalue weighted by Gasteiger charge is 2.06. The number of amides is 1. The highest BCUT2D eigenvalue weighted by molar-refractivity contribution is 5.94. The molecule has 0 saturated heterocycles. The predicted molar refractivity (Wildman–Crippen MR) is 110 cm³/mol. The summed E-state index contributed by atoms with van der Waals surface area (Å²) < 4.78 is 5.02. The zero-order valence-electron chi connectivity index (χ0n) is 16.0. The van der Waals surface area contributed by atoms with E-state index in [4.69, 9.17) is 11.3 Å². The summed E-state index contributed by atoms with van der Waals surface area (Å²) in [7, 11) is 0. The topological polar surface area (TPSA) is 59.8 Å². The molecule has 0 atom stereocenters. The van der Waals surface area contributed by atoms with Gasteiger partial charge in [0.1, 0.15) is 0 Å². The van der Waals surface area contributed by atoms with Crippen molar-refractivity contribution in [1.29, 1.82) is 0 Å². The number of nitrogens with zero attached hydrogens (tertiary/aromatic N) is 1. The number of carbonyl (C=O) groups is 2. The molecule has 5 heteroatoms. The van der Waals surface area contributed by atoms with Gasteiger partial charge in [-0.3, -0.25) is 4.79 Å². The molecule has 2 aromatic carbocycles. The summed E-state index contributed by atoms with van der Waals surface area (Å²) in [5, 5.41) is 2.90. The number of unbranched alkanes of at least 4 members (excludes halogenated alkanes) is 2. The van der Waals surface area contributed by atoms with Crippen LogP contribution in [0.25, 0.3) is 16.0 Å². The van der Waals surface area contributed by atoms with E-state index in [1.54, 1.807) is 31.2 Å². The molecule has 0 saturated carbocycles. The number of hydrogen-bond donors (Lipinski definition) is 1. The molecule has 0 heterocycles. The summed E-state index contributed by atoms with van der Waals surface area (Å²) in [6, 6.07) is 14.8. The fraction of sp³-hybridized carbons (Fsp3) is 0.261. The van der Waals surface area contributed by atoms with Crippen molar-refractivity contribution in [3.8, 4) is 11.1 Å². The Balaban J connectivity index is 1.72. The fourth-order valence-electron chi connectivity index (χ4n) is 2.54. The summed E-state index contributed by atoms with van der Waals surface area (Å²) in [5.74, 6) is -0.470. The smallest absolute Gasteiger partial charge is 0.333 e. The van der Waals surface area contributed by atoms with Gasteiger partial charge in [-0.05, 0) is 49.4 Å². The van der Waals surface area contributed by atoms with E-state index in [9.17, 15) is 9.59 Å². The van der Waals surface area contributed by atoms with Gasteiger partial charge in [-0.15, -0.1) is 0 Å². The third kappa shape index (κ3) is 6.40. The molecule has 0 spiro atoms. The van der Waals surface area contributed by atoms with Crippen LogP contribution in [0, 0.1) is 6.57 Å². The van der Waals surface area contributed by atoms with Crippen molar-refractivity contribution in [2.45, 2.75) is 26.2 Å². The van der Waals surface area contributed by atoms with Crippen LogP contribution in [0.3, 0.4) is 0 Å². The molecule has 0 aliphatic carbocycles. The Morgan fingerprint density at radius 2 is 1.61 bits per heavy atom. The molecule has 0 unspecified atom stereocenters. The number of ether oxygens (including phenoxy) is 1. The predicted octanol–water partition coefficient (Wildman–Crippen LogP) is 4.92. The molecule has 28 heavy (non-hydrogen) atoms. The van der Waals surface area contributed by atoms with Crippen LogP contribution in [0.2, 0.25) is 0 Å². The van der Waals surface area contributed by atoms with Gasteiger partial charge >= 0.3 is 5.97 Å². The van der Waals surface area contributed by atoms with Gasteiger partial charge in [-0.2, -0.15) is 0 Å². The number of benzene rings is 2. The highest BCUT2D eigenvalue weighted by Crippen LogP contribution is 2.23. The third-order valence-electron chi connectivity index (χ3n) is 4.17. The Bertz CT molecular complexity index is 862. The van der Waals surface area contributed by atoms with Gasteiger partial charge in [0.15, 0.2) is 5.69 Å². The average Bonchev–Trinajstić information content (AvgIpc) is 2.72. The zero-order chi connectivity index (χ0) is 20.4. The van der Waals surface area contributed by atoms with Crippen molar-refractivity contribution in [1.82, 2.24) is 5.32 Å². The van der Waals surface area contributed by atoms with E-state index in [0.29, 0.717) is 30.0 Å². The van der Waals surface area contributed by atoms with Gasteiger partial charge < -0.3 is 10.1 Å². The molecule has 0 bridgehead atoms. The maximum atomic E-state index is 12.2. The summed E-state index contributed by atoms with van der Waals surface area (Å²) in [6.45, 7) is 13.1. The van der Waals surface area contributed by atoms with Crippen LogP contribution in [0.5, 0.6) is 0 Å². The lowest BCUT2D eigenvalue weighted by molar-refractivity contribution is -0.139. The lowest BCUT2D eigenvalue weighted by atomic mass is 10.0. The van der Waals surface area contributed by atoms with Crippen molar-refractivity contribution in [3.63, 3.8) is 0 Å². The van der Waals surface area contributed by atoms with Crippen LogP contribution in [-0.2, 0) is 9.53 Å². The van der Waals surface area contributed by atoms with Crippen molar-refractivity contribution < 1.29 is 14.3 Å². The number of esters is 1. The molecule has 0 fully saturated rings. The summed E-state index contributed by atoms with van der Waals surface area (Å²) in [4.78, 5) is 26.8. The Labute approximate surface area is 165 Å². The van der Waals surface area contributed by atoms with Crippen LogP contribution in [0.15, 0.2) is 60.7 Å². The first-order valence-corrected chi connectivity index (χ1v) is 9.20. The molecule has 0 radical (unpaired) electrons. The average molecular weight is 376 g/mol. The minimum atomic E-state index is -0.362. The van der Waals surface area contributed by atoms with E-state index in [1.165, 1.54) is 0 Å². The third-order valence-corrected chi connectivity index (χ3v) is 4.17. The highest BCUT2D eigenvalue weighted by atomic mass is 16.5. The van der Waals surface area contributed by atoms with E-state index >= 15 is 0 Å². The van der Waals surface area contributed by atoms with Crippen LogP contribution in [0.1, 0.15) is 36.5 Å². The second kappa shape index (κ2) is 10.7. The number of nitrogens with one attached hydrogen (secondary N) is 1. The van der Waals surface area contributed by atoms with E-state index in [-0.39, 0.29) is 11.9 Å². The van der Waals surface area contributed by atoms with E-state index in [1.807, 2.05) is 24.3 Å². The summed E-state index contributed by atoms with van der Waals surface area (Å²) in [5.41, 5.74) is 3.62. The summed E-state index contributed by atoms with van der Waals surface area (Å²) in [6.07, 6.45) is 2.45. The van der Waals surface area contributed by atoms with Crippen molar-refractivity contribution in [2.75, 3.05) is 13.2 Å².